The monoisotopic (exact) mass is 565 g/mol. The molecule has 2 aliphatic heterocycles. The van der Waals surface area contributed by atoms with Crippen molar-refractivity contribution in [2.75, 3.05) is 19.9 Å². The molecular weight excluding hydrogens is 533 g/mol. The highest BCUT2D eigenvalue weighted by molar-refractivity contribution is 5.92. The second-order valence-electron chi connectivity index (χ2n) is 10.6. The molecule has 0 aliphatic carbocycles. The van der Waals surface area contributed by atoms with Crippen LogP contribution in [0.15, 0.2) is 103 Å². The zero-order valence-electron chi connectivity index (χ0n) is 23.1. The summed E-state index contributed by atoms with van der Waals surface area (Å²) in [6.45, 7) is -0.778. The number of alkyl halides is 1. The average molecular weight is 566 g/mol. The smallest absolute Gasteiger partial charge is 0.333 e. The maximum Gasteiger partial charge on any atom is 0.334 e. The molecule has 0 radical (unpaired) electrons. The van der Waals surface area contributed by atoms with Gasteiger partial charge in [0.15, 0.2) is 6.80 Å². The lowest BCUT2D eigenvalue weighted by Gasteiger charge is -2.54. The number of hydrazine groups is 1. The first-order chi connectivity index (χ1) is 20.5. The number of nitrogens with zero attached hydrogens (tertiary/aromatic N) is 4. The molecule has 4 aromatic carbocycles. The van der Waals surface area contributed by atoms with Crippen LogP contribution in [0, 0.1) is 0 Å². The van der Waals surface area contributed by atoms with Crippen LogP contribution >= 0.6 is 0 Å². The lowest BCUT2D eigenvalue weighted by atomic mass is 9.97. The van der Waals surface area contributed by atoms with Gasteiger partial charge in [0.2, 0.25) is 11.8 Å². The van der Waals surface area contributed by atoms with Gasteiger partial charge in [-0.15, -0.1) is 0 Å². The number of benzene rings is 4. The number of nitrogens with one attached hydrogen (secondary N) is 1. The molecule has 0 unspecified atom stereocenters. The lowest BCUT2D eigenvalue weighted by molar-refractivity contribution is -0.195. The van der Waals surface area contributed by atoms with Crippen molar-refractivity contribution in [2.45, 2.75) is 31.7 Å². The standard InChI is InChI=1S/C33H32FN5O3/c34-23-37-22-31(40)38-29(18-24-10-3-1-4-11-24)32(41)36(20-27-16-9-15-26-14-7-8-17-28(26)27)21-30(38)39(37)33(42)35-19-25-12-5-2-6-13-25/h1-17,29-30H,18-23H2,(H,35,42)/t29-,30-/m0/s1. The van der Waals surface area contributed by atoms with E-state index in [2.05, 4.69) is 5.32 Å². The van der Waals surface area contributed by atoms with Gasteiger partial charge >= 0.3 is 6.03 Å². The van der Waals surface area contributed by atoms with Gasteiger partial charge in [-0.1, -0.05) is 103 Å². The molecule has 2 saturated heterocycles. The summed E-state index contributed by atoms with van der Waals surface area (Å²) in [7, 11) is 0. The molecule has 2 fully saturated rings. The van der Waals surface area contributed by atoms with Crippen LogP contribution in [-0.4, -0.2) is 69.8 Å². The van der Waals surface area contributed by atoms with E-state index in [9.17, 15) is 18.8 Å². The van der Waals surface area contributed by atoms with Crippen molar-refractivity contribution in [1.29, 1.82) is 0 Å². The zero-order valence-corrected chi connectivity index (χ0v) is 23.1. The van der Waals surface area contributed by atoms with Crippen LogP contribution in [-0.2, 0) is 29.1 Å². The summed E-state index contributed by atoms with van der Waals surface area (Å²) in [6, 6.07) is 31.5. The van der Waals surface area contributed by atoms with Gasteiger partial charge in [0.1, 0.15) is 18.8 Å². The van der Waals surface area contributed by atoms with Gasteiger partial charge in [-0.05, 0) is 27.5 Å². The van der Waals surface area contributed by atoms with E-state index in [1.165, 1.54) is 9.91 Å². The summed E-state index contributed by atoms with van der Waals surface area (Å²) in [4.78, 5) is 44.5. The number of hydrogen-bond acceptors (Lipinski definition) is 4. The molecule has 1 N–H and O–H groups in total. The fourth-order valence-electron chi connectivity index (χ4n) is 5.97. The summed E-state index contributed by atoms with van der Waals surface area (Å²) in [6.07, 6.45) is -0.595. The van der Waals surface area contributed by atoms with Gasteiger partial charge in [-0.3, -0.25) is 9.59 Å². The molecule has 0 spiro atoms. The van der Waals surface area contributed by atoms with E-state index in [-0.39, 0.29) is 37.9 Å². The van der Waals surface area contributed by atoms with E-state index in [1.807, 2.05) is 103 Å². The van der Waals surface area contributed by atoms with E-state index in [4.69, 9.17) is 0 Å². The quantitative estimate of drug-likeness (QED) is 0.339. The Bertz CT molecular complexity index is 1580. The number of carbonyl (C=O) groups is 3. The van der Waals surface area contributed by atoms with Gasteiger partial charge < -0.3 is 15.1 Å². The molecule has 4 amide bonds. The molecule has 2 heterocycles. The first-order valence-corrected chi connectivity index (χ1v) is 14.1. The number of carbonyl (C=O) groups excluding carboxylic acids is 3. The lowest BCUT2D eigenvalue weighted by Crippen LogP contribution is -2.76. The molecule has 0 saturated carbocycles. The molecule has 2 atom stereocenters. The van der Waals surface area contributed by atoms with Crippen molar-refractivity contribution in [3.63, 3.8) is 0 Å². The Labute approximate surface area is 243 Å². The molecule has 4 aromatic rings. The maximum absolute atomic E-state index is 14.4. The highest BCUT2D eigenvalue weighted by Gasteiger charge is 2.51. The zero-order chi connectivity index (χ0) is 29.1. The Balaban J connectivity index is 1.35. The minimum absolute atomic E-state index is 0.0499. The van der Waals surface area contributed by atoms with Crippen molar-refractivity contribution in [1.82, 2.24) is 25.1 Å². The van der Waals surface area contributed by atoms with Crippen LogP contribution in [0.1, 0.15) is 16.7 Å². The summed E-state index contributed by atoms with van der Waals surface area (Å²) in [5.41, 5.74) is 2.74. The minimum Gasteiger partial charge on any atom is -0.333 e. The van der Waals surface area contributed by atoms with Gasteiger partial charge in [0.25, 0.3) is 0 Å². The van der Waals surface area contributed by atoms with E-state index in [0.29, 0.717) is 6.54 Å². The number of hydrogen-bond donors (Lipinski definition) is 1. The minimum atomic E-state index is -1.02. The van der Waals surface area contributed by atoms with Crippen molar-refractivity contribution >= 4 is 28.6 Å². The highest BCUT2D eigenvalue weighted by atomic mass is 19.1. The summed E-state index contributed by atoms with van der Waals surface area (Å²) in [5, 5.41) is 7.37. The van der Waals surface area contributed by atoms with Crippen LogP contribution in [0.3, 0.4) is 0 Å². The van der Waals surface area contributed by atoms with Crippen LogP contribution in [0.2, 0.25) is 0 Å². The SMILES string of the molecule is O=C1[C@H](Cc2ccccc2)N2C(=O)CN(CF)N(C(=O)NCc3ccccc3)[C@H]2CN1Cc1cccc2ccccc12. The Hall–Kier alpha value is -4.76. The predicted molar refractivity (Wildman–Crippen MR) is 157 cm³/mol. The molecule has 6 rings (SSSR count). The first kappa shape index (κ1) is 27.4. The summed E-state index contributed by atoms with van der Waals surface area (Å²) < 4.78 is 14.4. The van der Waals surface area contributed by atoms with E-state index in [0.717, 1.165) is 32.5 Å². The van der Waals surface area contributed by atoms with E-state index < -0.39 is 25.0 Å². The second-order valence-corrected chi connectivity index (χ2v) is 10.6. The van der Waals surface area contributed by atoms with Crippen LogP contribution in [0.5, 0.6) is 0 Å². The van der Waals surface area contributed by atoms with Crippen molar-refractivity contribution in [3.05, 3.63) is 120 Å². The van der Waals surface area contributed by atoms with Crippen LogP contribution in [0.25, 0.3) is 10.8 Å². The topological polar surface area (TPSA) is 76.2 Å². The van der Waals surface area contributed by atoms with Gasteiger partial charge in [-0.25, -0.2) is 14.2 Å². The van der Waals surface area contributed by atoms with Crippen molar-refractivity contribution < 1.29 is 18.8 Å². The summed E-state index contributed by atoms with van der Waals surface area (Å²) >= 11 is 0. The van der Waals surface area contributed by atoms with Crippen LogP contribution < -0.4 is 5.32 Å². The number of rotatable bonds is 7. The molecule has 9 heteroatoms. The fraction of sp³-hybridized carbons (Fsp3) is 0.242. The fourth-order valence-corrected chi connectivity index (χ4v) is 5.97. The average Bonchev–Trinajstić information content (AvgIpc) is 3.02. The normalized spacial score (nSPS) is 19.2. The Kier molecular flexibility index (Phi) is 7.83. The molecule has 8 nitrogen and oxygen atoms in total. The molecule has 0 aromatic heterocycles. The Morgan fingerprint density at radius 1 is 0.833 bits per heavy atom. The molecule has 2 aliphatic rings. The molecule has 0 bridgehead atoms. The molecular formula is C33H32FN5O3. The van der Waals surface area contributed by atoms with Gasteiger partial charge in [0.05, 0.1) is 6.54 Å². The number of amides is 4. The number of urea groups is 1. The first-order valence-electron chi connectivity index (χ1n) is 14.1. The maximum atomic E-state index is 14.4. The van der Waals surface area contributed by atoms with E-state index in [1.54, 1.807) is 4.90 Å². The third kappa shape index (κ3) is 5.43. The van der Waals surface area contributed by atoms with Crippen molar-refractivity contribution in [3.8, 4) is 0 Å². The largest absolute Gasteiger partial charge is 0.334 e. The third-order valence-corrected chi connectivity index (χ3v) is 7.98. The third-order valence-electron chi connectivity index (χ3n) is 7.98. The summed E-state index contributed by atoms with van der Waals surface area (Å²) in [5.74, 6) is -0.585. The Morgan fingerprint density at radius 3 is 2.24 bits per heavy atom. The number of halogens is 1. The predicted octanol–water partition coefficient (Wildman–Crippen LogP) is 4.32. The van der Waals surface area contributed by atoms with Gasteiger partial charge in [-0.2, -0.15) is 5.01 Å². The Morgan fingerprint density at radius 2 is 1.50 bits per heavy atom. The van der Waals surface area contributed by atoms with Crippen molar-refractivity contribution in [2.24, 2.45) is 0 Å². The number of fused-ring (bicyclic) bond motifs is 2. The second kappa shape index (κ2) is 12.0. The highest BCUT2D eigenvalue weighted by Crippen LogP contribution is 2.30. The number of piperazine rings is 1. The molecule has 42 heavy (non-hydrogen) atoms. The van der Waals surface area contributed by atoms with Crippen LogP contribution in [0.4, 0.5) is 9.18 Å². The van der Waals surface area contributed by atoms with E-state index >= 15 is 0 Å². The van der Waals surface area contributed by atoms with Gasteiger partial charge in [0, 0.05) is 19.5 Å². The molecule has 214 valence electrons.